The van der Waals surface area contributed by atoms with Crippen molar-refractivity contribution in [2.24, 2.45) is 5.92 Å². The number of terminal acetylenes is 1. The molecule has 0 unspecified atom stereocenters. The van der Waals surface area contributed by atoms with Gasteiger partial charge in [0.2, 0.25) is 10.0 Å². The number of nitrogens with one attached hydrogen (secondary N) is 1. The van der Waals surface area contributed by atoms with E-state index in [1.807, 2.05) is 24.0 Å². The third-order valence-electron chi connectivity index (χ3n) is 5.75. The summed E-state index contributed by atoms with van der Waals surface area (Å²) in [5.74, 6) is 3.68. The van der Waals surface area contributed by atoms with Crippen LogP contribution in [-0.2, 0) is 16.4 Å². The smallest absolute Gasteiger partial charge is 0.253 e. The van der Waals surface area contributed by atoms with Gasteiger partial charge in [0.25, 0.3) is 5.91 Å². The van der Waals surface area contributed by atoms with E-state index >= 15 is 0 Å². The molecule has 1 saturated heterocycles. The van der Waals surface area contributed by atoms with Gasteiger partial charge in [-0.1, -0.05) is 18.1 Å². The lowest BCUT2D eigenvalue weighted by Gasteiger charge is -2.32. The van der Waals surface area contributed by atoms with Crippen LogP contribution in [0.4, 0.5) is 0 Å². The molecule has 1 aliphatic heterocycles. The first kappa shape index (κ1) is 23.8. The molecular formula is C25H30N2O4S. The summed E-state index contributed by atoms with van der Waals surface area (Å²) in [5, 5.41) is 0. The highest BCUT2D eigenvalue weighted by Gasteiger charge is 2.24. The lowest BCUT2D eigenvalue weighted by atomic mass is 9.90. The van der Waals surface area contributed by atoms with Crippen LogP contribution >= 0.6 is 0 Å². The average Bonchev–Trinajstić information content (AvgIpc) is 2.82. The van der Waals surface area contributed by atoms with Crippen molar-refractivity contribution < 1.29 is 17.9 Å². The number of ether oxygens (including phenoxy) is 1. The maximum Gasteiger partial charge on any atom is 0.253 e. The molecule has 1 fully saturated rings. The number of likely N-dealkylation sites (tertiary alicyclic amines) is 1. The summed E-state index contributed by atoms with van der Waals surface area (Å²) in [6.07, 6.45) is 9.18. The number of benzene rings is 2. The first-order chi connectivity index (χ1) is 15.4. The van der Waals surface area contributed by atoms with Crippen molar-refractivity contribution in [3.63, 3.8) is 0 Å². The van der Waals surface area contributed by atoms with E-state index < -0.39 is 10.0 Å². The summed E-state index contributed by atoms with van der Waals surface area (Å²) >= 11 is 0. The van der Waals surface area contributed by atoms with E-state index in [2.05, 4.69) is 22.8 Å². The summed E-state index contributed by atoms with van der Waals surface area (Å²) < 4.78 is 32.0. The summed E-state index contributed by atoms with van der Waals surface area (Å²) in [7, 11) is -3.66. The Labute approximate surface area is 191 Å². The van der Waals surface area contributed by atoms with Gasteiger partial charge in [0.05, 0.1) is 18.0 Å². The SMILES string of the molecule is C#CCNS(=O)(=O)c1ccc(C(=O)N2CCC(CCc3ccc(OCC)cc3)CC2)cc1. The Kier molecular flexibility index (Phi) is 8.32. The van der Waals surface area contributed by atoms with E-state index in [-0.39, 0.29) is 17.3 Å². The largest absolute Gasteiger partial charge is 0.494 e. The number of rotatable bonds is 9. The van der Waals surface area contributed by atoms with Crippen molar-refractivity contribution in [2.45, 2.75) is 37.5 Å². The average molecular weight is 455 g/mol. The van der Waals surface area contributed by atoms with Gasteiger partial charge in [0.1, 0.15) is 5.75 Å². The van der Waals surface area contributed by atoms with Crippen LogP contribution in [0.5, 0.6) is 5.75 Å². The van der Waals surface area contributed by atoms with Crippen LogP contribution in [0.15, 0.2) is 53.4 Å². The zero-order chi connectivity index (χ0) is 23.0. The number of aryl methyl sites for hydroxylation is 1. The molecule has 0 atom stereocenters. The second kappa shape index (κ2) is 11.2. The Morgan fingerprint density at radius 2 is 1.78 bits per heavy atom. The molecular weight excluding hydrogens is 424 g/mol. The highest BCUT2D eigenvalue weighted by molar-refractivity contribution is 7.89. The summed E-state index contributed by atoms with van der Waals surface area (Å²) in [6, 6.07) is 14.3. The van der Waals surface area contributed by atoms with Crippen molar-refractivity contribution in [2.75, 3.05) is 26.2 Å². The third kappa shape index (κ3) is 6.35. The highest BCUT2D eigenvalue weighted by Crippen LogP contribution is 2.24. The molecule has 7 heteroatoms. The second-order valence-electron chi connectivity index (χ2n) is 7.90. The maximum absolute atomic E-state index is 12.8. The lowest BCUT2D eigenvalue weighted by Crippen LogP contribution is -2.38. The molecule has 1 amide bonds. The Morgan fingerprint density at radius 3 is 2.38 bits per heavy atom. The minimum Gasteiger partial charge on any atom is -0.494 e. The number of hydrogen-bond acceptors (Lipinski definition) is 4. The van der Waals surface area contributed by atoms with Crippen LogP contribution in [0.3, 0.4) is 0 Å². The van der Waals surface area contributed by atoms with Gasteiger partial charge in [-0.25, -0.2) is 8.42 Å². The minimum atomic E-state index is -3.66. The molecule has 0 saturated carbocycles. The molecule has 0 radical (unpaired) electrons. The Balaban J connectivity index is 1.48. The Bertz CT molecular complexity index is 1030. The summed E-state index contributed by atoms with van der Waals surface area (Å²) in [5.41, 5.74) is 1.80. The molecule has 32 heavy (non-hydrogen) atoms. The fourth-order valence-corrected chi connectivity index (χ4v) is 4.83. The van der Waals surface area contributed by atoms with Gasteiger partial charge in [-0.15, -0.1) is 6.42 Å². The third-order valence-corrected chi connectivity index (χ3v) is 7.17. The van der Waals surface area contributed by atoms with E-state index in [1.165, 1.54) is 17.7 Å². The molecule has 2 aromatic carbocycles. The van der Waals surface area contributed by atoms with Crippen molar-refractivity contribution in [3.05, 3.63) is 59.7 Å². The summed E-state index contributed by atoms with van der Waals surface area (Å²) in [4.78, 5) is 14.8. The van der Waals surface area contributed by atoms with Gasteiger partial charge in [0, 0.05) is 18.7 Å². The first-order valence-electron chi connectivity index (χ1n) is 11.0. The molecule has 3 rings (SSSR count). The van der Waals surface area contributed by atoms with E-state index in [0.29, 0.717) is 18.1 Å². The number of piperidine rings is 1. The van der Waals surface area contributed by atoms with E-state index in [9.17, 15) is 13.2 Å². The number of nitrogens with zero attached hydrogens (tertiary/aromatic N) is 1. The van der Waals surface area contributed by atoms with E-state index in [4.69, 9.17) is 11.2 Å². The Hall–Kier alpha value is -2.82. The molecule has 1 N–H and O–H groups in total. The molecule has 0 aromatic heterocycles. The van der Waals surface area contributed by atoms with Crippen LogP contribution in [0.25, 0.3) is 0 Å². The quantitative estimate of drug-likeness (QED) is 0.589. The predicted molar refractivity (Wildman–Crippen MR) is 125 cm³/mol. The van der Waals surface area contributed by atoms with E-state index in [1.54, 1.807) is 12.1 Å². The number of carbonyl (C=O) groups excluding carboxylic acids is 1. The van der Waals surface area contributed by atoms with Gasteiger partial charge in [0.15, 0.2) is 0 Å². The maximum atomic E-state index is 12.8. The monoisotopic (exact) mass is 454 g/mol. The van der Waals surface area contributed by atoms with E-state index in [0.717, 1.165) is 44.5 Å². The van der Waals surface area contributed by atoms with Crippen LogP contribution in [0, 0.1) is 18.3 Å². The van der Waals surface area contributed by atoms with Gasteiger partial charge in [-0.2, -0.15) is 4.72 Å². The summed E-state index contributed by atoms with van der Waals surface area (Å²) in [6.45, 7) is 4.01. The molecule has 0 aliphatic carbocycles. The van der Waals surface area contributed by atoms with Crippen molar-refractivity contribution in [3.8, 4) is 18.1 Å². The topological polar surface area (TPSA) is 75.7 Å². The highest BCUT2D eigenvalue weighted by atomic mass is 32.2. The second-order valence-corrected chi connectivity index (χ2v) is 9.67. The predicted octanol–water partition coefficient (Wildman–Crippen LogP) is 3.48. The molecule has 0 bridgehead atoms. The molecule has 170 valence electrons. The van der Waals surface area contributed by atoms with Crippen LogP contribution in [0.2, 0.25) is 0 Å². The molecule has 1 heterocycles. The number of hydrogen-bond donors (Lipinski definition) is 1. The number of carbonyl (C=O) groups is 1. The molecule has 1 aliphatic rings. The lowest BCUT2D eigenvalue weighted by molar-refractivity contribution is 0.0687. The van der Waals surface area contributed by atoms with Gasteiger partial charge in [-0.05, 0) is 80.5 Å². The van der Waals surface area contributed by atoms with Gasteiger partial charge in [-0.3, -0.25) is 4.79 Å². The van der Waals surface area contributed by atoms with Crippen molar-refractivity contribution >= 4 is 15.9 Å². The van der Waals surface area contributed by atoms with Crippen LogP contribution in [0.1, 0.15) is 42.1 Å². The zero-order valence-corrected chi connectivity index (χ0v) is 19.2. The standard InChI is InChI=1S/C25H30N2O4S/c1-3-17-26-32(29,30)24-13-9-22(10-14-24)25(28)27-18-15-21(16-19-27)6-5-20-7-11-23(12-8-20)31-4-2/h1,7-14,21,26H,4-6,15-19H2,2H3. The van der Waals surface area contributed by atoms with Gasteiger partial charge < -0.3 is 9.64 Å². The molecule has 2 aromatic rings. The molecule has 6 nitrogen and oxygen atoms in total. The van der Waals surface area contributed by atoms with Crippen molar-refractivity contribution in [1.82, 2.24) is 9.62 Å². The molecule has 0 spiro atoms. The van der Waals surface area contributed by atoms with Crippen molar-refractivity contribution in [1.29, 1.82) is 0 Å². The number of amides is 1. The minimum absolute atomic E-state index is 0.0597. The Morgan fingerprint density at radius 1 is 1.12 bits per heavy atom. The fourth-order valence-electron chi connectivity index (χ4n) is 3.89. The van der Waals surface area contributed by atoms with Crippen LogP contribution in [-0.4, -0.2) is 45.5 Å². The normalized spacial score (nSPS) is 14.7. The van der Waals surface area contributed by atoms with Crippen LogP contribution < -0.4 is 9.46 Å². The number of sulfonamides is 1. The fraction of sp³-hybridized carbons (Fsp3) is 0.400. The first-order valence-corrected chi connectivity index (χ1v) is 12.5. The zero-order valence-electron chi connectivity index (χ0n) is 18.4. The van der Waals surface area contributed by atoms with Gasteiger partial charge >= 0.3 is 0 Å².